The van der Waals surface area contributed by atoms with Crippen molar-refractivity contribution in [3.05, 3.63) is 41.0 Å². The molecule has 3 aromatic rings. The summed E-state index contributed by atoms with van der Waals surface area (Å²) in [6.45, 7) is 1.66. The van der Waals surface area contributed by atoms with Gasteiger partial charge in [-0.05, 0) is 37.8 Å². The fourth-order valence-corrected chi connectivity index (χ4v) is 3.52. The molecule has 26 heavy (non-hydrogen) atoms. The van der Waals surface area contributed by atoms with Crippen LogP contribution in [0.15, 0.2) is 33.3 Å². The molecule has 1 aliphatic carbocycles. The van der Waals surface area contributed by atoms with Crippen molar-refractivity contribution in [2.45, 2.75) is 37.5 Å². The Morgan fingerprint density at radius 2 is 1.81 bits per heavy atom. The van der Waals surface area contributed by atoms with Crippen LogP contribution in [0.2, 0.25) is 5.02 Å². The van der Waals surface area contributed by atoms with Crippen LogP contribution in [0.3, 0.4) is 0 Å². The molecule has 1 aromatic carbocycles. The number of piperidine rings is 1. The second kappa shape index (κ2) is 6.39. The molecule has 1 aliphatic heterocycles. The molecule has 0 unspecified atom stereocenters. The summed E-state index contributed by atoms with van der Waals surface area (Å²) in [6, 6.07) is 7.99. The van der Waals surface area contributed by atoms with Crippen LogP contribution in [0.1, 0.15) is 49.2 Å². The molecule has 0 atom stereocenters. The van der Waals surface area contributed by atoms with Gasteiger partial charge in [-0.2, -0.15) is 9.97 Å². The van der Waals surface area contributed by atoms with Crippen molar-refractivity contribution < 1.29 is 9.05 Å². The Kier molecular flexibility index (Phi) is 3.89. The molecule has 0 amide bonds. The maximum absolute atomic E-state index is 6.03. The summed E-state index contributed by atoms with van der Waals surface area (Å²) in [6.07, 6.45) is 4.23. The van der Waals surface area contributed by atoms with Crippen LogP contribution in [0.25, 0.3) is 11.4 Å². The van der Waals surface area contributed by atoms with Crippen molar-refractivity contribution in [1.82, 2.24) is 20.3 Å². The van der Waals surface area contributed by atoms with Crippen molar-refractivity contribution in [3.8, 4) is 11.4 Å². The lowest BCUT2D eigenvalue weighted by molar-refractivity contribution is 0.360. The van der Waals surface area contributed by atoms with E-state index < -0.39 is 0 Å². The first-order chi connectivity index (χ1) is 12.8. The Hall–Kier alpha value is -2.41. The molecule has 2 aromatic heterocycles. The molecular weight excluding hydrogens is 354 g/mol. The molecule has 0 radical (unpaired) electrons. The summed E-state index contributed by atoms with van der Waals surface area (Å²) in [5, 5.41) is 8.92. The minimum atomic E-state index is 0.331. The first kappa shape index (κ1) is 15.8. The average molecular weight is 372 g/mol. The lowest BCUT2D eigenvalue weighted by Crippen LogP contribution is -2.33. The number of aromatic nitrogens is 4. The van der Waals surface area contributed by atoms with Gasteiger partial charge in [-0.3, -0.25) is 0 Å². The minimum Gasteiger partial charge on any atom is -0.339 e. The van der Waals surface area contributed by atoms with E-state index in [1.807, 2.05) is 24.3 Å². The number of anilines is 1. The molecule has 8 heteroatoms. The van der Waals surface area contributed by atoms with Gasteiger partial charge in [0.2, 0.25) is 11.7 Å². The quantitative estimate of drug-likeness (QED) is 0.684. The predicted octanol–water partition coefficient (Wildman–Crippen LogP) is 4.03. The largest absolute Gasteiger partial charge is 0.339 e. The van der Waals surface area contributed by atoms with Crippen LogP contribution in [-0.2, 0) is 0 Å². The van der Waals surface area contributed by atoms with Crippen molar-refractivity contribution in [2.24, 2.45) is 0 Å². The zero-order valence-corrected chi connectivity index (χ0v) is 14.9. The van der Waals surface area contributed by atoms with Gasteiger partial charge in [-0.25, -0.2) is 0 Å². The molecule has 0 spiro atoms. The Bertz CT molecular complexity index is 912. The zero-order chi connectivity index (χ0) is 17.5. The van der Waals surface area contributed by atoms with Gasteiger partial charge in [-0.15, -0.1) is 0 Å². The van der Waals surface area contributed by atoms with E-state index in [9.17, 15) is 0 Å². The van der Waals surface area contributed by atoms with E-state index in [0.29, 0.717) is 28.7 Å². The summed E-state index contributed by atoms with van der Waals surface area (Å²) in [5.41, 5.74) is 0.849. The predicted molar refractivity (Wildman–Crippen MR) is 95.2 cm³/mol. The number of hydrogen-bond acceptors (Lipinski definition) is 7. The normalized spacial score (nSPS) is 18.4. The highest BCUT2D eigenvalue weighted by Gasteiger charge is 2.32. The SMILES string of the molecule is Clc1cccc(-c2noc(N3CCC(c4noc(C5CC5)n4)CC3)n2)c1. The van der Waals surface area contributed by atoms with Crippen molar-refractivity contribution >= 4 is 17.6 Å². The number of benzene rings is 1. The van der Waals surface area contributed by atoms with E-state index in [-0.39, 0.29) is 0 Å². The maximum Gasteiger partial charge on any atom is 0.324 e. The van der Waals surface area contributed by atoms with E-state index in [1.54, 1.807) is 0 Å². The van der Waals surface area contributed by atoms with Crippen LogP contribution in [0.4, 0.5) is 6.01 Å². The molecule has 1 saturated heterocycles. The van der Waals surface area contributed by atoms with Gasteiger partial charge in [0, 0.05) is 35.5 Å². The fraction of sp³-hybridized carbons (Fsp3) is 0.444. The van der Waals surface area contributed by atoms with E-state index in [1.165, 1.54) is 12.8 Å². The molecule has 5 rings (SSSR count). The Labute approximate surface area is 155 Å². The molecule has 134 valence electrons. The summed E-state index contributed by atoms with van der Waals surface area (Å²) in [7, 11) is 0. The topological polar surface area (TPSA) is 81.1 Å². The Morgan fingerprint density at radius 3 is 2.58 bits per heavy atom. The van der Waals surface area contributed by atoms with Gasteiger partial charge in [0.15, 0.2) is 5.82 Å². The van der Waals surface area contributed by atoms with Crippen LogP contribution >= 0.6 is 11.6 Å². The van der Waals surface area contributed by atoms with Gasteiger partial charge in [0.05, 0.1) is 0 Å². The summed E-state index contributed by atoms with van der Waals surface area (Å²) in [4.78, 5) is 11.2. The monoisotopic (exact) mass is 371 g/mol. The smallest absolute Gasteiger partial charge is 0.324 e. The van der Waals surface area contributed by atoms with Gasteiger partial charge in [-0.1, -0.05) is 34.0 Å². The highest BCUT2D eigenvalue weighted by Crippen LogP contribution is 2.40. The van der Waals surface area contributed by atoms with Crippen molar-refractivity contribution in [1.29, 1.82) is 0 Å². The molecule has 0 N–H and O–H groups in total. The lowest BCUT2D eigenvalue weighted by atomic mass is 9.96. The van der Waals surface area contributed by atoms with Gasteiger partial charge in [0.1, 0.15) is 0 Å². The minimum absolute atomic E-state index is 0.331. The van der Waals surface area contributed by atoms with Crippen LogP contribution in [-0.4, -0.2) is 33.4 Å². The van der Waals surface area contributed by atoms with Crippen molar-refractivity contribution in [3.63, 3.8) is 0 Å². The Morgan fingerprint density at radius 1 is 0.962 bits per heavy atom. The second-order valence-corrected chi connectivity index (χ2v) is 7.37. The third kappa shape index (κ3) is 3.07. The zero-order valence-electron chi connectivity index (χ0n) is 14.1. The highest BCUT2D eigenvalue weighted by atomic mass is 35.5. The number of halogens is 1. The summed E-state index contributed by atoms with van der Waals surface area (Å²) < 4.78 is 10.8. The average Bonchev–Trinajstić information content (AvgIpc) is 3.20. The number of hydrogen-bond donors (Lipinski definition) is 0. The first-order valence-electron chi connectivity index (χ1n) is 8.94. The number of nitrogens with zero attached hydrogens (tertiary/aromatic N) is 5. The maximum atomic E-state index is 6.03. The summed E-state index contributed by atoms with van der Waals surface area (Å²) in [5.74, 6) is 3.04. The van der Waals surface area contributed by atoms with Gasteiger partial charge >= 0.3 is 6.01 Å². The highest BCUT2D eigenvalue weighted by molar-refractivity contribution is 6.30. The molecule has 7 nitrogen and oxygen atoms in total. The van der Waals surface area contributed by atoms with Gasteiger partial charge in [0.25, 0.3) is 0 Å². The van der Waals surface area contributed by atoms with Gasteiger partial charge < -0.3 is 13.9 Å². The first-order valence-corrected chi connectivity index (χ1v) is 9.32. The molecule has 2 fully saturated rings. The molecule has 2 aliphatic rings. The second-order valence-electron chi connectivity index (χ2n) is 6.94. The fourth-order valence-electron chi connectivity index (χ4n) is 3.33. The number of rotatable bonds is 4. The van der Waals surface area contributed by atoms with Crippen LogP contribution < -0.4 is 4.90 Å². The van der Waals surface area contributed by atoms with E-state index in [0.717, 1.165) is 43.2 Å². The third-order valence-corrected chi connectivity index (χ3v) is 5.25. The summed E-state index contributed by atoms with van der Waals surface area (Å²) >= 11 is 6.03. The van der Waals surface area contributed by atoms with E-state index >= 15 is 0 Å². The van der Waals surface area contributed by atoms with Crippen LogP contribution in [0.5, 0.6) is 0 Å². The van der Waals surface area contributed by atoms with Crippen LogP contribution in [0, 0.1) is 0 Å². The van der Waals surface area contributed by atoms with E-state index in [4.69, 9.17) is 20.6 Å². The standard InChI is InChI=1S/C18H18ClN5O2/c19-14-3-1-2-13(10-14)16-21-18(26-23-16)24-8-6-11(7-9-24)15-20-17(25-22-15)12-4-5-12/h1-3,10-12H,4-9H2. The molecule has 3 heterocycles. The lowest BCUT2D eigenvalue weighted by Gasteiger charge is -2.28. The third-order valence-electron chi connectivity index (χ3n) is 5.01. The van der Waals surface area contributed by atoms with E-state index in [2.05, 4.69) is 25.2 Å². The molecule has 0 bridgehead atoms. The molecule has 1 saturated carbocycles. The van der Waals surface area contributed by atoms with Crippen molar-refractivity contribution in [2.75, 3.05) is 18.0 Å². The molecular formula is C18H18ClN5O2. The Balaban J connectivity index is 1.25.